The SMILES string of the molecule is O=Cc1ccccc1OC(=O)c1ccncc1. The van der Waals surface area contributed by atoms with Crippen LogP contribution in [0.3, 0.4) is 0 Å². The van der Waals surface area contributed by atoms with Crippen LogP contribution in [0.15, 0.2) is 48.8 Å². The summed E-state index contributed by atoms with van der Waals surface area (Å²) in [5, 5.41) is 0. The number of rotatable bonds is 3. The first-order valence-electron chi connectivity index (χ1n) is 4.97. The van der Waals surface area contributed by atoms with Crippen molar-refractivity contribution in [2.24, 2.45) is 0 Å². The van der Waals surface area contributed by atoms with Crippen LogP contribution in [0.25, 0.3) is 0 Å². The van der Waals surface area contributed by atoms with Crippen molar-refractivity contribution < 1.29 is 14.3 Å². The lowest BCUT2D eigenvalue weighted by Gasteiger charge is -2.05. The number of pyridine rings is 1. The predicted octanol–water partition coefficient (Wildman–Crippen LogP) is 2.11. The molecule has 0 fully saturated rings. The number of aldehydes is 1. The number of hydrogen-bond donors (Lipinski definition) is 0. The number of para-hydroxylation sites is 1. The van der Waals surface area contributed by atoms with E-state index in [0.717, 1.165) is 0 Å². The van der Waals surface area contributed by atoms with Gasteiger partial charge in [0.25, 0.3) is 0 Å². The second-order valence-corrected chi connectivity index (χ2v) is 3.28. The van der Waals surface area contributed by atoms with Crippen molar-refractivity contribution in [2.45, 2.75) is 0 Å². The molecule has 2 rings (SSSR count). The van der Waals surface area contributed by atoms with Gasteiger partial charge >= 0.3 is 5.97 Å². The Morgan fingerprint density at radius 2 is 1.82 bits per heavy atom. The Labute approximate surface area is 97.9 Å². The highest BCUT2D eigenvalue weighted by atomic mass is 16.5. The van der Waals surface area contributed by atoms with Crippen LogP contribution in [0, 0.1) is 0 Å². The summed E-state index contributed by atoms with van der Waals surface area (Å²) in [6.07, 6.45) is 3.65. The number of aromatic nitrogens is 1. The van der Waals surface area contributed by atoms with Gasteiger partial charge in [-0.05, 0) is 24.3 Å². The van der Waals surface area contributed by atoms with Crippen molar-refractivity contribution in [3.63, 3.8) is 0 Å². The van der Waals surface area contributed by atoms with Crippen LogP contribution in [0.2, 0.25) is 0 Å². The molecule has 0 spiro atoms. The molecule has 0 aliphatic heterocycles. The fourth-order valence-corrected chi connectivity index (χ4v) is 1.32. The third kappa shape index (κ3) is 2.55. The quantitative estimate of drug-likeness (QED) is 0.458. The van der Waals surface area contributed by atoms with Gasteiger partial charge in [-0.3, -0.25) is 9.78 Å². The van der Waals surface area contributed by atoms with Crippen LogP contribution in [-0.2, 0) is 0 Å². The summed E-state index contributed by atoms with van der Waals surface area (Å²) in [5.41, 5.74) is 0.732. The van der Waals surface area contributed by atoms with Crippen molar-refractivity contribution in [3.8, 4) is 5.75 Å². The Hall–Kier alpha value is -2.49. The van der Waals surface area contributed by atoms with Gasteiger partial charge in [-0.25, -0.2) is 4.79 Å². The van der Waals surface area contributed by atoms with Gasteiger partial charge in [0.1, 0.15) is 5.75 Å². The van der Waals surface area contributed by atoms with E-state index in [9.17, 15) is 9.59 Å². The minimum Gasteiger partial charge on any atom is -0.422 e. The molecule has 0 atom stereocenters. The van der Waals surface area contributed by atoms with E-state index in [0.29, 0.717) is 17.4 Å². The molecule has 0 N–H and O–H groups in total. The van der Waals surface area contributed by atoms with E-state index in [4.69, 9.17) is 4.74 Å². The van der Waals surface area contributed by atoms with Crippen molar-refractivity contribution in [1.82, 2.24) is 4.98 Å². The maximum Gasteiger partial charge on any atom is 0.343 e. The lowest BCUT2D eigenvalue weighted by atomic mass is 10.2. The lowest BCUT2D eigenvalue weighted by Crippen LogP contribution is -2.09. The van der Waals surface area contributed by atoms with E-state index in [1.807, 2.05) is 0 Å². The highest BCUT2D eigenvalue weighted by molar-refractivity contribution is 5.92. The Bertz CT molecular complexity index is 537. The summed E-state index contributed by atoms with van der Waals surface area (Å²) < 4.78 is 5.12. The predicted molar refractivity (Wildman–Crippen MR) is 61.0 cm³/mol. The van der Waals surface area contributed by atoms with Gasteiger partial charge in [0, 0.05) is 12.4 Å². The van der Waals surface area contributed by atoms with Crippen LogP contribution < -0.4 is 4.74 Å². The molecule has 1 aromatic heterocycles. The van der Waals surface area contributed by atoms with Gasteiger partial charge in [-0.2, -0.15) is 0 Å². The number of benzene rings is 1. The second kappa shape index (κ2) is 5.03. The standard InChI is InChI=1S/C13H9NO3/c15-9-11-3-1-2-4-12(11)17-13(16)10-5-7-14-8-6-10/h1-9H. The Morgan fingerprint density at radius 1 is 1.12 bits per heavy atom. The minimum absolute atomic E-state index is 0.254. The van der Waals surface area contributed by atoms with E-state index in [1.54, 1.807) is 36.4 Å². The largest absolute Gasteiger partial charge is 0.422 e. The van der Waals surface area contributed by atoms with Crippen LogP contribution in [0.4, 0.5) is 0 Å². The Balaban J connectivity index is 2.22. The van der Waals surface area contributed by atoms with Crippen molar-refractivity contribution in [1.29, 1.82) is 0 Å². The van der Waals surface area contributed by atoms with Gasteiger partial charge in [0.05, 0.1) is 11.1 Å². The zero-order valence-electron chi connectivity index (χ0n) is 8.87. The summed E-state index contributed by atoms with van der Waals surface area (Å²) in [6.45, 7) is 0. The van der Waals surface area contributed by atoms with E-state index in [-0.39, 0.29) is 5.75 Å². The zero-order valence-corrected chi connectivity index (χ0v) is 8.87. The minimum atomic E-state index is -0.512. The number of hydrogen-bond acceptors (Lipinski definition) is 4. The van der Waals surface area contributed by atoms with E-state index in [1.165, 1.54) is 12.4 Å². The van der Waals surface area contributed by atoms with Crippen LogP contribution >= 0.6 is 0 Å². The molecule has 2 aromatic rings. The van der Waals surface area contributed by atoms with Gasteiger partial charge in [0.2, 0.25) is 0 Å². The van der Waals surface area contributed by atoms with E-state index in [2.05, 4.69) is 4.98 Å². The molecule has 0 amide bonds. The third-order valence-corrected chi connectivity index (χ3v) is 2.16. The van der Waals surface area contributed by atoms with E-state index >= 15 is 0 Å². The molecule has 4 heteroatoms. The third-order valence-electron chi connectivity index (χ3n) is 2.16. The number of carbonyl (C=O) groups excluding carboxylic acids is 2. The molecule has 17 heavy (non-hydrogen) atoms. The normalized spacial score (nSPS) is 9.65. The highest BCUT2D eigenvalue weighted by Crippen LogP contribution is 2.17. The fourth-order valence-electron chi connectivity index (χ4n) is 1.32. The van der Waals surface area contributed by atoms with Crippen LogP contribution in [0.5, 0.6) is 5.75 Å². The molecule has 0 radical (unpaired) electrons. The molecule has 0 saturated carbocycles. The number of esters is 1. The molecule has 0 bridgehead atoms. The molecule has 0 saturated heterocycles. The van der Waals surface area contributed by atoms with Crippen molar-refractivity contribution in [3.05, 3.63) is 59.9 Å². The molecule has 84 valence electrons. The first kappa shape index (κ1) is 11.0. The average Bonchev–Trinajstić information content (AvgIpc) is 2.40. The van der Waals surface area contributed by atoms with E-state index < -0.39 is 5.97 Å². The summed E-state index contributed by atoms with van der Waals surface area (Å²) >= 11 is 0. The molecule has 4 nitrogen and oxygen atoms in total. The zero-order chi connectivity index (χ0) is 12.1. The second-order valence-electron chi connectivity index (χ2n) is 3.28. The molecule has 0 unspecified atom stereocenters. The number of carbonyl (C=O) groups is 2. The fraction of sp³-hybridized carbons (Fsp3) is 0. The van der Waals surface area contributed by atoms with Crippen LogP contribution in [0.1, 0.15) is 20.7 Å². The monoisotopic (exact) mass is 227 g/mol. The smallest absolute Gasteiger partial charge is 0.343 e. The summed E-state index contributed by atoms with van der Waals surface area (Å²) in [6, 6.07) is 9.65. The van der Waals surface area contributed by atoms with Gasteiger partial charge in [0.15, 0.2) is 6.29 Å². The molecule has 1 aromatic carbocycles. The first-order valence-corrected chi connectivity index (χ1v) is 4.97. The molecule has 0 aliphatic carbocycles. The lowest BCUT2D eigenvalue weighted by molar-refractivity contribution is 0.0733. The molecular weight excluding hydrogens is 218 g/mol. The first-order chi connectivity index (χ1) is 8.31. The summed E-state index contributed by atoms with van der Waals surface area (Å²) in [5.74, 6) is -0.258. The molecular formula is C13H9NO3. The summed E-state index contributed by atoms with van der Waals surface area (Å²) in [7, 11) is 0. The maximum atomic E-state index is 11.7. The highest BCUT2D eigenvalue weighted by Gasteiger charge is 2.10. The van der Waals surface area contributed by atoms with Crippen molar-refractivity contribution in [2.75, 3.05) is 0 Å². The van der Waals surface area contributed by atoms with Gasteiger partial charge in [-0.15, -0.1) is 0 Å². The Kier molecular flexibility index (Phi) is 3.25. The molecule has 1 heterocycles. The number of ether oxygens (including phenoxy) is 1. The number of nitrogens with zero attached hydrogens (tertiary/aromatic N) is 1. The Morgan fingerprint density at radius 3 is 2.53 bits per heavy atom. The topological polar surface area (TPSA) is 56.3 Å². The summed E-state index contributed by atoms with van der Waals surface area (Å²) in [4.78, 5) is 26.3. The van der Waals surface area contributed by atoms with Gasteiger partial charge in [-0.1, -0.05) is 12.1 Å². The van der Waals surface area contributed by atoms with Gasteiger partial charge < -0.3 is 4.74 Å². The maximum absolute atomic E-state index is 11.7. The van der Waals surface area contributed by atoms with Crippen LogP contribution in [-0.4, -0.2) is 17.2 Å². The van der Waals surface area contributed by atoms with Crippen molar-refractivity contribution >= 4 is 12.3 Å². The molecule has 0 aliphatic rings. The average molecular weight is 227 g/mol.